The third kappa shape index (κ3) is 3.15. The van der Waals surface area contributed by atoms with Crippen LogP contribution in [0.2, 0.25) is 0 Å². The number of aryl methyl sites for hydroxylation is 1. The zero-order chi connectivity index (χ0) is 23.5. The van der Waals surface area contributed by atoms with Gasteiger partial charge in [0.1, 0.15) is 28.2 Å². The van der Waals surface area contributed by atoms with Gasteiger partial charge in [-0.1, -0.05) is 30.3 Å². The lowest BCUT2D eigenvalue weighted by Crippen LogP contribution is -2.65. The van der Waals surface area contributed by atoms with Crippen LogP contribution in [-0.2, 0) is 12.1 Å². The number of nitrogens with two attached hydrogens (primary N) is 1. The Bertz CT molecular complexity index is 1500. The van der Waals surface area contributed by atoms with Crippen molar-refractivity contribution >= 4 is 33.6 Å². The van der Waals surface area contributed by atoms with Crippen LogP contribution in [0.3, 0.4) is 0 Å². The van der Waals surface area contributed by atoms with Crippen molar-refractivity contribution in [1.29, 1.82) is 0 Å². The molecule has 33 heavy (non-hydrogen) atoms. The van der Waals surface area contributed by atoms with Crippen LogP contribution in [0.15, 0.2) is 53.5 Å². The van der Waals surface area contributed by atoms with Crippen molar-refractivity contribution in [2.45, 2.75) is 19.0 Å². The van der Waals surface area contributed by atoms with Gasteiger partial charge in [-0.3, -0.25) is 4.79 Å². The summed E-state index contributed by atoms with van der Waals surface area (Å²) in [5.74, 6) is -3.03. The minimum absolute atomic E-state index is 0.00944. The van der Waals surface area contributed by atoms with Crippen LogP contribution in [-0.4, -0.2) is 33.7 Å². The van der Waals surface area contributed by atoms with Gasteiger partial charge in [0.15, 0.2) is 5.82 Å². The molecule has 4 aromatic rings. The van der Waals surface area contributed by atoms with Gasteiger partial charge >= 0.3 is 5.97 Å². The summed E-state index contributed by atoms with van der Waals surface area (Å²) in [6, 6.07) is 11.8. The number of hydrogen-bond donors (Lipinski definition) is 2. The molecule has 0 amide bonds. The Morgan fingerprint density at radius 3 is 2.55 bits per heavy atom. The van der Waals surface area contributed by atoms with Crippen molar-refractivity contribution in [2.75, 3.05) is 18.0 Å². The number of halogens is 2. The number of nitrogens with zero attached hydrogens (tertiary/aromatic N) is 3. The Kier molecular flexibility index (Phi) is 4.68. The van der Waals surface area contributed by atoms with Gasteiger partial charge in [-0.15, -0.1) is 0 Å². The second kappa shape index (κ2) is 7.35. The van der Waals surface area contributed by atoms with Gasteiger partial charge in [-0.2, -0.15) is 0 Å². The highest BCUT2D eigenvalue weighted by atomic mass is 19.1. The van der Waals surface area contributed by atoms with Crippen LogP contribution in [0.5, 0.6) is 0 Å². The number of rotatable bonds is 4. The van der Waals surface area contributed by atoms with Crippen molar-refractivity contribution < 1.29 is 18.7 Å². The van der Waals surface area contributed by atoms with E-state index < -0.39 is 34.1 Å². The zero-order valence-corrected chi connectivity index (χ0v) is 17.7. The Labute approximate surface area is 186 Å². The van der Waals surface area contributed by atoms with E-state index in [4.69, 9.17) is 5.73 Å². The molecule has 0 saturated carbocycles. The molecule has 7 nitrogen and oxygen atoms in total. The van der Waals surface area contributed by atoms with Gasteiger partial charge < -0.3 is 20.3 Å². The van der Waals surface area contributed by atoms with E-state index in [0.717, 1.165) is 11.6 Å². The first-order chi connectivity index (χ1) is 15.7. The minimum atomic E-state index is -1.38. The molecule has 1 aliphatic heterocycles. The first-order valence-corrected chi connectivity index (χ1v) is 10.4. The third-order valence-corrected chi connectivity index (χ3v) is 6.18. The number of aromatic nitrogens is 2. The fraction of sp³-hybridized carbons (Fsp3) is 0.208. The van der Waals surface area contributed by atoms with Gasteiger partial charge in [0.05, 0.1) is 10.9 Å². The lowest BCUT2D eigenvalue weighted by molar-refractivity contribution is 0.0695. The van der Waals surface area contributed by atoms with Crippen molar-refractivity contribution in [3.63, 3.8) is 0 Å². The highest BCUT2D eigenvalue weighted by molar-refractivity contribution is 5.97. The predicted octanol–water partition coefficient (Wildman–Crippen LogP) is 3.22. The normalized spacial score (nSPS) is 15.1. The van der Waals surface area contributed by atoms with E-state index in [0.29, 0.717) is 6.54 Å². The van der Waals surface area contributed by atoms with Crippen molar-refractivity contribution in [1.82, 2.24) is 9.55 Å². The zero-order valence-electron chi connectivity index (χ0n) is 17.7. The summed E-state index contributed by atoms with van der Waals surface area (Å²) in [6.45, 7) is 2.51. The van der Waals surface area contributed by atoms with E-state index >= 15 is 8.78 Å². The van der Waals surface area contributed by atoms with Crippen molar-refractivity contribution in [3.8, 4) is 0 Å². The molecule has 0 aliphatic carbocycles. The standard InChI is InChI=1S/C24H20F2N4O3/c1-2-29-10-16(23(32)33)21(31)15-8-13-9-17(25)20(18(26)19(13)28-22(15)29)30-11-24(27,12-30)14-6-4-3-5-7-14/h3-10H,2,11-12,27H2,1H3,(H,32,33). The van der Waals surface area contributed by atoms with Crippen LogP contribution < -0.4 is 16.1 Å². The number of carbonyl (C=O) groups is 1. The monoisotopic (exact) mass is 450 g/mol. The molecule has 0 spiro atoms. The Balaban J connectivity index is 1.64. The molecule has 9 heteroatoms. The molecule has 2 aromatic heterocycles. The smallest absolute Gasteiger partial charge is 0.341 e. The maximum atomic E-state index is 15.6. The van der Waals surface area contributed by atoms with Crippen LogP contribution in [0, 0.1) is 11.6 Å². The highest BCUT2D eigenvalue weighted by Gasteiger charge is 2.43. The molecule has 168 valence electrons. The molecule has 1 saturated heterocycles. The molecule has 1 aliphatic rings. The van der Waals surface area contributed by atoms with Gasteiger partial charge in [-0.05, 0) is 24.6 Å². The van der Waals surface area contributed by atoms with Crippen LogP contribution in [0.1, 0.15) is 22.8 Å². The molecule has 0 unspecified atom stereocenters. The van der Waals surface area contributed by atoms with E-state index in [-0.39, 0.29) is 40.7 Å². The second-order valence-electron chi connectivity index (χ2n) is 8.29. The number of carboxylic acid groups (broad SMARTS) is 1. The third-order valence-electron chi connectivity index (χ3n) is 6.18. The molecule has 5 rings (SSSR count). The summed E-state index contributed by atoms with van der Waals surface area (Å²) in [5.41, 5.74) is 5.24. The molecule has 3 N–H and O–H groups in total. The number of aromatic carboxylic acids is 1. The average molecular weight is 450 g/mol. The summed E-state index contributed by atoms with van der Waals surface area (Å²) in [6.07, 6.45) is 1.19. The number of pyridine rings is 2. The molecular formula is C24H20F2N4O3. The lowest BCUT2D eigenvalue weighted by Gasteiger charge is -2.49. The highest BCUT2D eigenvalue weighted by Crippen LogP contribution is 2.38. The van der Waals surface area contributed by atoms with E-state index in [1.165, 1.54) is 21.7 Å². The number of benzene rings is 2. The SMILES string of the molecule is CCn1cc(C(=O)O)c(=O)c2cc3cc(F)c(N4CC(N)(c5ccccc5)C4)c(F)c3nc21. The van der Waals surface area contributed by atoms with Crippen molar-refractivity contribution in [3.05, 3.63) is 81.6 Å². The molecule has 0 radical (unpaired) electrons. The summed E-state index contributed by atoms with van der Waals surface area (Å²) in [5, 5.41) is 9.40. The Morgan fingerprint density at radius 2 is 1.91 bits per heavy atom. The molecule has 1 fully saturated rings. The minimum Gasteiger partial charge on any atom is -0.477 e. The maximum Gasteiger partial charge on any atom is 0.341 e. The van der Waals surface area contributed by atoms with Crippen LogP contribution in [0.25, 0.3) is 21.9 Å². The summed E-state index contributed by atoms with van der Waals surface area (Å²) in [7, 11) is 0. The number of anilines is 1. The first kappa shape index (κ1) is 21.0. The van der Waals surface area contributed by atoms with E-state index in [9.17, 15) is 14.7 Å². The lowest BCUT2D eigenvalue weighted by atomic mass is 9.83. The topological polar surface area (TPSA) is 101 Å². The fourth-order valence-corrected chi connectivity index (χ4v) is 4.46. The van der Waals surface area contributed by atoms with Gasteiger partial charge in [0, 0.05) is 31.2 Å². The van der Waals surface area contributed by atoms with Crippen molar-refractivity contribution in [2.24, 2.45) is 5.73 Å². The largest absolute Gasteiger partial charge is 0.477 e. The Morgan fingerprint density at radius 1 is 1.21 bits per heavy atom. The van der Waals surface area contributed by atoms with E-state index in [2.05, 4.69) is 4.98 Å². The summed E-state index contributed by atoms with van der Waals surface area (Å²) >= 11 is 0. The number of carboxylic acids is 1. The Hall–Kier alpha value is -3.85. The predicted molar refractivity (Wildman–Crippen MR) is 121 cm³/mol. The molecule has 3 heterocycles. The molecule has 0 atom stereocenters. The van der Waals surface area contributed by atoms with Gasteiger partial charge in [0.25, 0.3) is 0 Å². The second-order valence-corrected chi connectivity index (χ2v) is 8.29. The van der Waals surface area contributed by atoms with Crippen LogP contribution in [0.4, 0.5) is 14.5 Å². The number of fused-ring (bicyclic) bond motifs is 2. The van der Waals surface area contributed by atoms with Crippen LogP contribution >= 0.6 is 0 Å². The van der Waals surface area contributed by atoms with Gasteiger partial charge in [0.2, 0.25) is 5.43 Å². The molecule has 0 bridgehead atoms. The quantitative estimate of drug-likeness (QED) is 0.463. The fourth-order valence-electron chi connectivity index (χ4n) is 4.46. The molecular weight excluding hydrogens is 430 g/mol. The van der Waals surface area contributed by atoms with E-state index in [1.807, 2.05) is 30.3 Å². The van der Waals surface area contributed by atoms with E-state index in [1.54, 1.807) is 6.92 Å². The molecule has 2 aromatic carbocycles. The van der Waals surface area contributed by atoms with Gasteiger partial charge in [-0.25, -0.2) is 18.6 Å². The summed E-state index contributed by atoms with van der Waals surface area (Å²) in [4.78, 5) is 29.9. The number of hydrogen-bond acceptors (Lipinski definition) is 5. The summed E-state index contributed by atoms with van der Waals surface area (Å²) < 4.78 is 32.1. The average Bonchev–Trinajstić information content (AvgIpc) is 2.78. The maximum absolute atomic E-state index is 15.6. The first-order valence-electron chi connectivity index (χ1n) is 10.4.